The monoisotopic (exact) mass is 601 g/mol. The van der Waals surface area contributed by atoms with E-state index in [2.05, 4.69) is 73.8 Å². The van der Waals surface area contributed by atoms with Crippen LogP contribution >= 0.6 is 0 Å². The molecule has 3 aromatic carbocycles. The minimum Gasteiger partial charge on any atom is -0.497 e. The molecule has 2 atom stereocenters. The van der Waals surface area contributed by atoms with Gasteiger partial charge in [0.15, 0.2) is 5.82 Å². The number of aromatic amines is 2. The molecule has 9 heteroatoms. The fourth-order valence-electron chi connectivity index (χ4n) is 6.54. The molecule has 7 rings (SSSR count). The Kier molecular flexibility index (Phi) is 8.33. The van der Waals surface area contributed by atoms with Crippen LogP contribution in [0.15, 0.2) is 85.2 Å². The van der Waals surface area contributed by atoms with Crippen LogP contribution in [-0.2, 0) is 30.6 Å². The molecule has 1 aliphatic rings. The molecule has 0 saturated carbocycles. The normalized spacial score (nSPS) is 15.8. The van der Waals surface area contributed by atoms with E-state index in [1.807, 2.05) is 36.5 Å². The summed E-state index contributed by atoms with van der Waals surface area (Å²) in [6.45, 7) is 1.44. The van der Waals surface area contributed by atoms with E-state index in [1.54, 1.807) is 7.11 Å². The molecular weight excluding hydrogens is 562 g/mol. The van der Waals surface area contributed by atoms with Crippen LogP contribution in [-0.4, -0.2) is 50.3 Å². The summed E-state index contributed by atoms with van der Waals surface area (Å²) < 4.78 is 7.61. The van der Waals surface area contributed by atoms with Crippen LogP contribution in [0.3, 0.4) is 0 Å². The number of hydrogen-bond acceptors (Lipinski definition) is 5. The van der Waals surface area contributed by atoms with Gasteiger partial charge in [-0.2, -0.15) is 0 Å². The Balaban J connectivity index is 1.25. The second-order valence-electron chi connectivity index (χ2n) is 11.9. The van der Waals surface area contributed by atoms with Gasteiger partial charge in [0.05, 0.1) is 25.7 Å². The number of benzene rings is 3. The number of amides is 1. The molecule has 230 valence electrons. The zero-order chi connectivity index (χ0) is 30.6. The number of carbonyl (C=O) groups is 1. The van der Waals surface area contributed by atoms with Crippen LogP contribution < -0.4 is 15.4 Å². The van der Waals surface area contributed by atoms with E-state index in [4.69, 9.17) is 14.9 Å². The number of para-hydroxylation sites is 2. The number of methoxy groups -OCH3 is 1. The van der Waals surface area contributed by atoms with Gasteiger partial charge in [-0.3, -0.25) is 4.79 Å². The molecule has 3 aromatic heterocycles. The third-order valence-corrected chi connectivity index (χ3v) is 9.00. The van der Waals surface area contributed by atoms with Gasteiger partial charge in [-0.05, 0) is 66.8 Å². The first-order chi connectivity index (χ1) is 22.2. The summed E-state index contributed by atoms with van der Waals surface area (Å²) in [5.41, 5.74) is 5.69. The fraction of sp³-hybridized carbons (Fsp3) is 0.306. The van der Waals surface area contributed by atoms with Crippen LogP contribution in [0.4, 0.5) is 0 Å². The highest BCUT2D eigenvalue weighted by Crippen LogP contribution is 2.27. The molecule has 9 nitrogen and oxygen atoms in total. The summed E-state index contributed by atoms with van der Waals surface area (Å²) in [6.07, 6.45) is 9.23. The average molecular weight is 602 g/mol. The highest BCUT2D eigenvalue weighted by Gasteiger charge is 2.28. The minimum absolute atomic E-state index is 0.0129. The van der Waals surface area contributed by atoms with Crippen molar-refractivity contribution >= 4 is 27.7 Å². The van der Waals surface area contributed by atoms with Gasteiger partial charge in [-0.1, -0.05) is 55.0 Å². The Morgan fingerprint density at radius 1 is 0.911 bits per heavy atom. The SMILES string of the molecule is COc1ccc(Cn2c(CCc3c[nH]c4ccccc34)nnc2[C@@H](Cc2c[nH]c3ccccc23)NC(=O)[C@H]2CCCCN2)cc1. The van der Waals surface area contributed by atoms with Gasteiger partial charge in [0, 0.05) is 47.0 Å². The standard InChI is InChI=1S/C36H39N7O2/c1-45-27-16-13-24(14-17-27)23-43-34(18-15-25-21-38-30-10-4-2-8-28(25)30)41-42-35(43)33(40-36(44)32-12-6-7-19-37-32)20-26-22-39-31-11-5-3-9-29(26)31/h2-5,8-11,13-14,16-17,21-22,32-33,37-39H,6-7,12,15,18-20,23H2,1H3,(H,40,44)/t32-,33-/m1/s1. The second-order valence-corrected chi connectivity index (χ2v) is 11.9. The Hall–Kier alpha value is -4.89. The van der Waals surface area contributed by atoms with Crippen molar-refractivity contribution in [3.8, 4) is 5.75 Å². The van der Waals surface area contributed by atoms with E-state index >= 15 is 0 Å². The van der Waals surface area contributed by atoms with Crippen molar-refractivity contribution in [1.82, 2.24) is 35.4 Å². The van der Waals surface area contributed by atoms with Gasteiger partial charge < -0.3 is 29.9 Å². The first-order valence-electron chi connectivity index (χ1n) is 15.8. The van der Waals surface area contributed by atoms with E-state index in [1.165, 1.54) is 10.9 Å². The molecule has 0 radical (unpaired) electrons. The number of piperidine rings is 1. The van der Waals surface area contributed by atoms with Crippen LogP contribution in [0, 0.1) is 0 Å². The lowest BCUT2D eigenvalue weighted by molar-refractivity contribution is -0.124. The number of fused-ring (bicyclic) bond motifs is 2. The smallest absolute Gasteiger partial charge is 0.237 e. The van der Waals surface area contributed by atoms with Gasteiger partial charge in [-0.25, -0.2) is 0 Å². The van der Waals surface area contributed by atoms with Gasteiger partial charge in [0.2, 0.25) is 5.91 Å². The van der Waals surface area contributed by atoms with Crippen LogP contribution in [0.25, 0.3) is 21.8 Å². The van der Waals surface area contributed by atoms with Crippen LogP contribution in [0.2, 0.25) is 0 Å². The summed E-state index contributed by atoms with van der Waals surface area (Å²) in [7, 11) is 1.68. The average Bonchev–Trinajstić information content (AvgIpc) is 3.81. The third-order valence-electron chi connectivity index (χ3n) is 9.00. The maximum absolute atomic E-state index is 13.7. The van der Waals surface area contributed by atoms with Gasteiger partial charge in [0.25, 0.3) is 0 Å². The van der Waals surface area contributed by atoms with Crippen molar-refractivity contribution in [2.75, 3.05) is 13.7 Å². The number of nitrogens with zero attached hydrogens (tertiary/aromatic N) is 3. The molecule has 1 amide bonds. The second kappa shape index (κ2) is 13.0. The highest BCUT2D eigenvalue weighted by molar-refractivity contribution is 5.84. The molecule has 45 heavy (non-hydrogen) atoms. The lowest BCUT2D eigenvalue weighted by Gasteiger charge is -2.26. The molecule has 6 aromatic rings. The zero-order valence-corrected chi connectivity index (χ0v) is 25.6. The number of aromatic nitrogens is 5. The predicted molar refractivity (Wildman–Crippen MR) is 176 cm³/mol. The van der Waals surface area contributed by atoms with Crippen molar-refractivity contribution in [2.45, 2.75) is 57.2 Å². The lowest BCUT2D eigenvalue weighted by atomic mass is 10.0. The summed E-state index contributed by atoms with van der Waals surface area (Å²) in [4.78, 5) is 20.5. The zero-order valence-electron chi connectivity index (χ0n) is 25.6. The molecule has 1 fully saturated rings. The molecule has 1 saturated heterocycles. The van der Waals surface area contributed by atoms with Gasteiger partial charge in [0.1, 0.15) is 11.6 Å². The number of rotatable bonds is 11. The fourth-order valence-corrected chi connectivity index (χ4v) is 6.54. The van der Waals surface area contributed by atoms with Gasteiger partial charge in [-0.15, -0.1) is 10.2 Å². The molecule has 0 spiro atoms. The minimum atomic E-state index is -0.368. The van der Waals surface area contributed by atoms with E-state index < -0.39 is 0 Å². The van der Waals surface area contributed by atoms with E-state index in [9.17, 15) is 4.79 Å². The molecule has 1 aliphatic heterocycles. The molecule has 4 heterocycles. The number of nitrogens with one attached hydrogen (secondary N) is 4. The molecular formula is C36H39N7O2. The van der Waals surface area contributed by atoms with Crippen molar-refractivity contribution in [2.24, 2.45) is 0 Å². The molecule has 0 unspecified atom stereocenters. The molecule has 0 bridgehead atoms. The Morgan fingerprint density at radius 2 is 1.62 bits per heavy atom. The first-order valence-corrected chi connectivity index (χ1v) is 15.8. The maximum atomic E-state index is 13.7. The Labute approximate surface area is 262 Å². The van der Waals surface area contributed by atoms with Crippen LogP contribution in [0.1, 0.15) is 53.6 Å². The summed E-state index contributed by atoms with van der Waals surface area (Å²) >= 11 is 0. The largest absolute Gasteiger partial charge is 0.497 e. The Bertz CT molecular complexity index is 1900. The van der Waals surface area contributed by atoms with Crippen molar-refractivity contribution in [3.63, 3.8) is 0 Å². The topological polar surface area (TPSA) is 113 Å². The van der Waals surface area contributed by atoms with Crippen molar-refractivity contribution in [3.05, 3.63) is 114 Å². The third kappa shape index (κ3) is 6.21. The summed E-state index contributed by atoms with van der Waals surface area (Å²) in [5.74, 6) is 2.47. The van der Waals surface area contributed by atoms with Crippen molar-refractivity contribution in [1.29, 1.82) is 0 Å². The Morgan fingerprint density at radius 3 is 2.33 bits per heavy atom. The van der Waals surface area contributed by atoms with E-state index in [0.717, 1.165) is 77.2 Å². The predicted octanol–water partition coefficient (Wildman–Crippen LogP) is 5.62. The maximum Gasteiger partial charge on any atom is 0.237 e. The molecule has 0 aliphatic carbocycles. The first kappa shape index (κ1) is 28.9. The highest BCUT2D eigenvalue weighted by atomic mass is 16.5. The lowest BCUT2D eigenvalue weighted by Crippen LogP contribution is -2.48. The number of aryl methyl sites for hydroxylation is 2. The molecule has 4 N–H and O–H groups in total. The number of carbonyl (C=O) groups excluding carboxylic acids is 1. The summed E-state index contributed by atoms with van der Waals surface area (Å²) in [5, 5.41) is 18.7. The van der Waals surface area contributed by atoms with E-state index in [-0.39, 0.29) is 18.0 Å². The summed E-state index contributed by atoms with van der Waals surface area (Å²) in [6, 6.07) is 24.2. The number of H-pyrrole nitrogens is 2. The number of hydrogen-bond donors (Lipinski definition) is 4. The van der Waals surface area contributed by atoms with E-state index in [0.29, 0.717) is 19.4 Å². The quantitative estimate of drug-likeness (QED) is 0.154. The number of ether oxygens (including phenoxy) is 1. The van der Waals surface area contributed by atoms with Crippen LogP contribution in [0.5, 0.6) is 5.75 Å². The van der Waals surface area contributed by atoms with Crippen molar-refractivity contribution < 1.29 is 9.53 Å². The van der Waals surface area contributed by atoms with Gasteiger partial charge >= 0.3 is 0 Å².